The minimum atomic E-state index is 0.243. The zero-order valence-corrected chi connectivity index (χ0v) is 13.1. The second-order valence-electron chi connectivity index (χ2n) is 6.11. The standard InChI is InChI=1S/C23H19/c1-17(21-15-7-11-19-9-3-5-14-23(19)21)16-20-12-6-10-18-8-2-4-13-22(18)20/h2-15,17H,1,16H2. The van der Waals surface area contributed by atoms with Gasteiger partial charge in [-0.05, 0) is 51.9 Å². The van der Waals surface area contributed by atoms with Gasteiger partial charge >= 0.3 is 0 Å². The molecule has 0 aliphatic carbocycles. The summed E-state index contributed by atoms with van der Waals surface area (Å²) in [6.45, 7) is 4.46. The number of rotatable bonds is 3. The van der Waals surface area contributed by atoms with Crippen LogP contribution < -0.4 is 0 Å². The van der Waals surface area contributed by atoms with Crippen LogP contribution in [0, 0.1) is 6.92 Å². The van der Waals surface area contributed by atoms with Gasteiger partial charge in [-0.25, -0.2) is 0 Å². The molecule has 1 atom stereocenters. The smallest absolute Gasteiger partial charge is 0.0115 e. The Bertz CT molecular complexity index is 955. The van der Waals surface area contributed by atoms with Gasteiger partial charge in [-0.15, -0.1) is 0 Å². The van der Waals surface area contributed by atoms with Crippen molar-refractivity contribution in [1.82, 2.24) is 0 Å². The molecule has 1 radical (unpaired) electrons. The molecule has 4 aromatic rings. The van der Waals surface area contributed by atoms with Crippen molar-refractivity contribution in [2.45, 2.75) is 12.3 Å². The molecule has 111 valence electrons. The van der Waals surface area contributed by atoms with Gasteiger partial charge in [-0.2, -0.15) is 0 Å². The van der Waals surface area contributed by atoms with Crippen LogP contribution in [0.15, 0.2) is 84.9 Å². The van der Waals surface area contributed by atoms with Crippen LogP contribution in [0.2, 0.25) is 0 Å². The molecule has 0 heterocycles. The molecule has 0 aliphatic rings. The van der Waals surface area contributed by atoms with Crippen LogP contribution in [0.3, 0.4) is 0 Å². The van der Waals surface area contributed by atoms with Crippen molar-refractivity contribution < 1.29 is 0 Å². The molecule has 0 saturated carbocycles. The van der Waals surface area contributed by atoms with Gasteiger partial charge < -0.3 is 0 Å². The van der Waals surface area contributed by atoms with E-state index in [1.807, 2.05) is 0 Å². The average Bonchev–Trinajstić information content (AvgIpc) is 2.61. The third-order valence-corrected chi connectivity index (χ3v) is 4.61. The van der Waals surface area contributed by atoms with Crippen molar-refractivity contribution in [3.8, 4) is 0 Å². The van der Waals surface area contributed by atoms with E-state index in [4.69, 9.17) is 0 Å². The summed E-state index contributed by atoms with van der Waals surface area (Å²) in [7, 11) is 0. The van der Waals surface area contributed by atoms with Crippen molar-refractivity contribution in [3.63, 3.8) is 0 Å². The van der Waals surface area contributed by atoms with E-state index >= 15 is 0 Å². The highest BCUT2D eigenvalue weighted by atomic mass is 14.2. The normalized spacial score (nSPS) is 12.6. The third kappa shape index (κ3) is 2.61. The number of hydrogen-bond donors (Lipinski definition) is 0. The second-order valence-corrected chi connectivity index (χ2v) is 6.11. The van der Waals surface area contributed by atoms with E-state index in [1.165, 1.54) is 32.7 Å². The number of benzene rings is 4. The minimum absolute atomic E-state index is 0.243. The molecule has 0 bridgehead atoms. The second kappa shape index (κ2) is 5.89. The Morgan fingerprint density at radius 2 is 1.17 bits per heavy atom. The minimum Gasteiger partial charge on any atom is -0.0616 e. The Balaban J connectivity index is 1.75. The van der Waals surface area contributed by atoms with Crippen LogP contribution in [0.4, 0.5) is 0 Å². The summed E-state index contributed by atoms with van der Waals surface area (Å²) in [5.74, 6) is 0.243. The summed E-state index contributed by atoms with van der Waals surface area (Å²) < 4.78 is 0. The van der Waals surface area contributed by atoms with E-state index in [2.05, 4.69) is 91.9 Å². The van der Waals surface area contributed by atoms with Crippen LogP contribution >= 0.6 is 0 Å². The molecule has 0 nitrogen and oxygen atoms in total. The maximum atomic E-state index is 4.46. The lowest BCUT2D eigenvalue weighted by molar-refractivity contribution is 0.845. The SMILES string of the molecule is [CH2]C(Cc1cccc2ccccc12)c1cccc2ccccc12. The molecule has 23 heavy (non-hydrogen) atoms. The first kappa shape index (κ1) is 14.0. The zero-order chi connectivity index (χ0) is 15.6. The Morgan fingerprint density at radius 1 is 0.609 bits per heavy atom. The van der Waals surface area contributed by atoms with Crippen molar-refractivity contribution >= 4 is 21.5 Å². The Kier molecular flexibility index (Phi) is 3.59. The zero-order valence-electron chi connectivity index (χ0n) is 13.1. The molecular weight excluding hydrogens is 276 g/mol. The monoisotopic (exact) mass is 295 g/mol. The fraction of sp³-hybridized carbons (Fsp3) is 0.0870. The number of fused-ring (bicyclic) bond motifs is 2. The van der Waals surface area contributed by atoms with Crippen LogP contribution in [0.1, 0.15) is 17.0 Å². The highest BCUT2D eigenvalue weighted by molar-refractivity contribution is 5.87. The molecule has 1 unspecified atom stereocenters. The molecule has 0 aromatic heterocycles. The lowest BCUT2D eigenvalue weighted by Gasteiger charge is -2.16. The van der Waals surface area contributed by atoms with Gasteiger partial charge in [-0.1, -0.05) is 84.9 Å². The van der Waals surface area contributed by atoms with Crippen molar-refractivity contribution in [2.24, 2.45) is 0 Å². The van der Waals surface area contributed by atoms with Gasteiger partial charge in [0.05, 0.1) is 0 Å². The Morgan fingerprint density at radius 3 is 1.96 bits per heavy atom. The van der Waals surface area contributed by atoms with Crippen LogP contribution in [-0.2, 0) is 6.42 Å². The summed E-state index contributed by atoms with van der Waals surface area (Å²) in [5.41, 5.74) is 2.70. The summed E-state index contributed by atoms with van der Waals surface area (Å²) in [6, 6.07) is 30.2. The summed E-state index contributed by atoms with van der Waals surface area (Å²) in [4.78, 5) is 0. The van der Waals surface area contributed by atoms with E-state index in [1.54, 1.807) is 0 Å². The molecule has 0 saturated heterocycles. The van der Waals surface area contributed by atoms with Crippen molar-refractivity contribution in [3.05, 3.63) is 103 Å². The van der Waals surface area contributed by atoms with E-state index in [-0.39, 0.29) is 5.92 Å². The molecule has 4 aromatic carbocycles. The Hall–Kier alpha value is -2.60. The van der Waals surface area contributed by atoms with Gasteiger partial charge in [0.15, 0.2) is 0 Å². The molecule has 0 aliphatic heterocycles. The molecule has 0 spiro atoms. The summed E-state index contributed by atoms with van der Waals surface area (Å²) >= 11 is 0. The first-order valence-electron chi connectivity index (χ1n) is 8.10. The third-order valence-electron chi connectivity index (χ3n) is 4.61. The first-order valence-corrected chi connectivity index (χ1v) is 8.10. The van der Waals surface area contributed by atoms with Crippen LogP contribution in [0.5, 0.6) is 0 Å². The van der Waals surface area contributed by atoms with Crippen LogP contribution in [0.25, 0.3) is 21.5 Å². The van der Waals surface area contributed by atoms with Gasteiger partial charge in [0.1, 0.15) is 0 Å². The molecule has 0 N–H and O–H groups in total. The topological polar surface area (TPSA) is 0 Å². The fourth-order valence-electron chi connectivity index (χ4n) is 3.45. The maximum absolute atomic E-state index is 4.46. The lowest BCUT2D eigenvalue weighted by Crippen LogP contribution is -2.00. The molecule has 0 heteroatoms. The highest BCUT2D eigenvalue weighted by Crippen LogP contribution is 2.30. The largest absolute Gasteiger partial charge is 0.0616 e. The van der Waals surface area contributed by atoms with Crippen LogP contribution in [-0.4, -0.2) is 0 Å². The summed E-state index contributed by atoms with van der Waals surface area (Å²) in [5, 5.41) is 5.24. The molecule has 0 amide bonds. The predicted octanol–water partition coefficient (Wildman–Crippen LogP) is 6.15. The van der Waals surface area contributed by atoms with Crippen molar-refractivity contribution in [2.75, 3.05) is 0 Å². The lowest BCUT2D eigenvalue weighted by atomic mass is 9.88. The van der Waals surface area contributed by atoms with Crippen molar-refractivity contribution in [1.29, 1.82) is 0 Å². The van der Waals surface area contributed by atoms with Gasteiger partial charge in [0.2, 0.25) is 0 Å². The quantitative estimate of drug-likeness (QED) is 0.425. The van der Waals surface area contributed by atoms with E-state index < -0.39 is 0 Å². The predicted molar refractivity (Wildman–Crippen MR) is 99.7 cm³/mol. The maximum Gasteiger partial charge on any atom is -0.0115 e. The molecule has 0 fully saturated rings. The van der Waals surface area contributed by atoms with E-state index in [0.29, 0.717) is 0 Å². The molecular formula is C23H19. The highest BCUT2D eigenvalue weighted by Gasteiger charge is 2.11. The van der Waals surface area contributed by atoms with Gasteiger partial charge in [0.25, 0.3) is 0 Å². The first-order chi connectivity index (χ1) is 11.3. The summed E-state index contributed by atoms with van der Waals surface area (Å²) in [6.07, 6.45) is 0.954. The van der Waals surface area contributed by atoms with Gasteiger partial charge in [0, 0.05) is 0 Å². The fourth-order valence-corrected chi connectivity index (χ4v) is 3.45. The van der Waals surface area contributed by atoms with E-state index in [9.17, 15) is 0 Å². The Labute approximate surface area is 137 Å². The van der Waals surface area contributed by atoms with Gasteiger partial charge in [-0.3, -0.25) is 0 Å². The van der Waals surface area contributed by atoms with E-state index in [0.717, 1.165) is 6.42 Å². The average molecular weight is 295 g/mol. The molecule has 4 rings (SSSR count). The number of hydrogen-bond acceptors (Lipinski definition) is 0.